The Hall–Kier alpha value is -2.64. The number of halogens is 3. The second kappa shape index (κ2) is 5.16. The topological polar surface area (TPSA) is 75.1 Å². The molecule has 20 heavy (non-hydrogen) atoms. The van der Waals surface area contributed by atoms with Crippen LogP contribution in [0.15, 0.2) is 36.7 Å². The lowest BCUT2D eigenvalue weighted by molar-refractivity contribution is -0.141. The molecular weight excluding hydrogens is 275 g/mol. The Labute approximate surface area is 111 Å². The Bertz CT molecular complexity index is 644. The Balaban J connectivity index is 2.34. The number of hydrogen-bond acceptors (Lipinski definition) is 4. The van der Waals surface area contributed by atoms with Crippen molar-refractivity contribution < 1.29 is 23.1 Å². The average Bonchev–Trinajstić information content (AvgIpc) is 2.40. The van der Waals surface area contributed by atoms with Crippen molar-refractivity contribution >= 4 is 11.7 Å². The summed E-state index contributed by atoms with van der Waals surface area (Å²) >= 11 is 0. The van der Waals surface area contributed by atoms with Gasteiger partial charge in [-0.15, -0.1) is 0 Å². The van der Waals surface area contributed by atoms with Crippen molar-refractivity contribution in [3.63, 3.8) is 0 Å². The molecule has 0 atom stereocenters. The molecule has 0 unspecified atom stereocenters. The summed E-state index contributed by atoms with van der Waals surface area (Å²) in [6, 6.07) is 4.86. The number of rotatable bonds is 2. The lowest BCUT2D eigenvalue weighted by Gasteiger charge is -2.11. The smallest absolute Gasteiger partial charge is 0.434 e. The minimum atomic E-state index is -4.75. The maximum absolute atomic E-state index is 12.7. The van der Waals surface area contributed by atoms with Crippen molar-refractivity contribution in [1.29, 1.82) is 0 Å². The molecule has 0 bridgehead atoms. The van der Waals surface area contributed by atoms with E-state index >= 15 is 0 Å². The molecule has 2 aromatic rings. The van der Waals surface area contributed by atoms with Gasteiger partial charge in [-0.3, -0.25) is 9.78 Å². The molecule has 104 valence electrons. The number of aromatic hydroxyl groups is 1. The second-order valence-corrected chi connectivity index (χ2v) is 3.72. The highest BCUT2D eigenvalue weighted by molar-refractivity contribution is 6.05. The summed E-state index contributed by atoms with van der Waals surface area (Å²) in [6.45, 7) is 0. The zero-order valence-electron chi connectivity index (χ0n) is 9.85. The largest absolute Gasteiger partial charge is 0.504 e. The van der Waals surface area contributed by atoms with Crippen LogP contribution >= 0.6 is 0 Å². The predicted molar refractivity (Wildman–Crippen MR) is 63.1 cm³/mol. The lowest BCUT2D eigenvalue weighted by atomic mass is 10.1. The SMILES string of the molecule is O=C(Nc1ncccc1O)c1cccnc1C(F)(F)F. The molecule has 0 aliphatic rings. The summed E-state index contributed by atoms with van der Waals surface area (Å²) in [5.41, 5.74) is -1.95. The first-order valence-corrected chi connectivity index (χ1v) is 5.37. The van der Waals surface area contributed by atoms with E-state index in [1.165, 1.54) is 24.4 Å². The summed E-state index contributed by atoms with van der Waals surface area (Å²) < 4.78 is 38.2. The molecule has 1 amide bonds. The fourth-order valence-electron chi connectivity index (χ4n) is 1.48. The first kappa shape index (κ1) is 13.8. The van der Waals surface area contributed by atoms with Gasteiger partial charge in [-0.25, -0.2) is 4.98 Å². The minimum Gasteiger partial charge on any atom is -0.504 e. The van der Waals surface area contributed by atoms with Crippen molar-refractivity contribution in [2.45, 2.75) is 6.18 Å². The van der Waals surface area contributed by atoms with Gasteiger partial charge in [0.15, 0.2) is 17.3 Å². The van der Waals surface area contributed by atoms with Gasteiger partial charge in [0.25, 0.3) is 5.91 Å². The zero-order chi connectivity index (χ0) is 14.8. The van der Waals surface area contributed by atoms with Gasteiger partial charge in [-0.1, -0.05) is 0 Å². The number of hydrogen-bond donors (Lipinski definition) is 2. The number of anilines is 1. The van der Waals surface area contributed by atoms with E-state index in [4.69, 9.17) is 0 Å². The highest BCUT2D eigenvalue weighted by Crippen LogP contribution is 2.30. The van der Waals surface area contributed by atoms with Gasteiger partial charge in [0.05, 0.1) is 5.56 Å². The van der Waals surface area contributed by atoms with Gasteiger partial charge in [-0.2, -0.15) is 13.2 Å². The predicted octanol–water partition coefficient (Wildman–Crippen LogP) is 2.45. The van der Waals surface area contributed by atoms with Crippen LogP contribution in [0.2, 0.25) is 0 Å². The van der Waals surface area contributed by atoms with Crippen LogP contribution in [0.5, 0.6) is 5.75 Å². The number of carbonyl (C=O) groups is 1. The minimum absolute atomic E-state index is 0.227. The number of nitrogens with one attached hydrogen (secondary N) is 1. The van der Waals surface area contributed by atoms with Crippen molar-refractivity contribution in [3.05, 3.63) is 47.9 Å². The van der Waals surface area contributed by atoms with Gasteiger partial charge in [0.2, 0.25) is 0 Å². The fourth-order valence-corrected chi connectivity index (χ4v) is 1.48. The zero-order valence-corrected chi connectivity index (χ0v) is 9.85. The van der Waals surface area contributed by atoms with Crippen LogP contribution in [0.1, 0.15) is 16.1 Å². The number of carbonyl (C=O) groups excluding carboxylic acids is 1. The van der Waals surface area contributed by atoms with Gasteiger partial charge < -0.3 is 10.4 Å². The standard InChI is InChI=1S/C12H8F3N3O2/c13-12(14,15)9-7(3-1-5-16-9)11(20)18-10-8(19)4-2-6-17-10/h1-6,19H,(H,17,18,20). The van der Waals surface area contributed by atoms with E-state index < -0.39 is 23.3 Å². The quantitative estimate of drug-likeness (QED) is 0.887. The summed E-state index contributed by atoms with van der Waals surface area (Å²) in [7, 11) is 0. The molecule has 0 saturated carbocycles. The normalized spacial score (nSPS) is 11.2. The van der Waals surface area contributed by atoms with Crippen LogP contribution in [0.4, 0.5) is 19.0 Å². The summed E-state index contributed by atoms with van der Waals surface area (Å²) in [5, 5.41) is 11.5. The van der Waals surface area contributed by atoms with E-state index in [-0.39, 0.29) is 11.6 Å². The van der Waals surface area contributed by atoms with Gasteiger partial charge in [0, 0.05) is 12.4 Å². The third-order valence-corrected chi connectivity index (χ3v) is 2.34. The van der Waals surface area contributed by atoms with Crippen molar-refractivity contribution in [3.8, 4) is 5.75 Å². The summed E-state index contributed by atoms with van der Waals surface area (Å²) in [4.78, 5) is 18.6. The molecular formula is C12H8F3N3O2. The van der Waals surface area contributed by atoms with Crippen LogP contribution in [0, 0.1) is 0 Å². The Morgan fingerprint density at radius 2 is 1.80 bits per heavy atom. The molecule has 0 radical (unpaired) electrons. The van der Waals surface area contributed by atoms with E-state index in [2.05, 4.69) is 15.3 Å². The monoisotopic (exact) mass is 283 g/mol. The van der Waals surface area contributed by atoms with E-state index in [0.29, 0.717) is 0 Å². The van der Waals surface area contributed by atoms with Crippen LogP contribution in [-0.2, 0) is 6.18 Å². The van der Waals surface area contributed by atoms with Crippen molar-refractivity contribution in [2.75, 3.05) is 5.32 Å². The van der Waals surface area contributed by atoms with E-state index in [1.54, 1.807) is 0 Å². The first-order chi connectivity index (χ1) is 9.39. The molecule has 8 heteroatoms. The highest BCUT2D eigenvalue weighted by Gasteiger charge is 2.37. The maximum atomic E-state index is 12.7. The van der Waals surface area contributed by atoms with E-state index in [0.717, 1.165) is 12.3 Å². The summed E-state index contributed by atoms with van der Waals surface area (Å²) in [5.74, 6) is -1.63. The number of pyridine rings is 2. The Morgan fingerprint density at radius 3 is 2.45 bits per heavy atom. The second-order valence-electron chi connectivity index (χ2n) is 3.72. The molecule has 0 aliphatic heterocycles. The van der Waals surface area contributed by atoms with Crippen LogP contribution in [0.25, 0.3) is 0 Å². The molecule has 2 N–H and O–H groups in total. The maximum Gasteiger partial charge on any atom is 0.434 e. The molecule has 0 fully saturated rings. The fraction of sp³-hybridized carbons (Fsp3) is 0.0833. The molecule has 0 spiro atoms. The molecule has 5 nitrogen and oxygen atoms in total. The van der Waals surface area contributed by atoms with Gasteiger partial charge in [-0.05, 0) is 24.3 Å². The van der Waals surface area contributed by atoms with Crippen LogP contribution in [-0.4, -0.2) is 21.0 Å². The molecule has 2 rings (SSSR count). The lowest BCUT2D eigenvalue weighted by Crippen LogP contribution is -2.20. The Kier molecular flexibility index (Phi) is 3.55. The number of amides is 1. The first-order valence-electron chi connectivity index (χ1n) is 5.37. The van der Waals surface area contributed by atoms with Crippen LogP contribution < -0.4 is 5.32 Å². The van der Waals surface area contributed by atoms with Crippen LogP contribution in [0.3, 0.4) is 0 Å². The molecule has 2 aromatic heterocycles. The molecule has 0 aliphatic carbocycles. The number of alkyl halides is 3. The third-order valence-electron chi connectivity index (χ3n) is 2.34. The summed E-state index contributed by atoms with van der Waals surface area (Å²) in [6.07, 6.45) is -2.53. The molecule has 2 heterocycles. The van der Waals surface area contributed by atoms with Gasteiger partial charge in [0.1, 0.15) is 0 Å². The Morgan fingerprint density at radius 1 is 1.15 bits per heavy atom. The molecule has 0 aromatic carbocycles. The number of nitrogens with zero attached hydrogens (tertiary/aromatic N) is 2. The highest BCUT2D eigenvalue weighted by atomic mass is 19.4. The van der Waals surface area contributed by atoms with E-state index in [1.807, 2.05) is 0 Å². The third kappa shape index (κ3) is 2.85. The van der Waals surface area contributed by atoms with Crippen molar-refractivity contribution in [2.24, 2.45) is 0 Å². The number of aromatic nitrogens is 2. The van der Waals surface area contributed by atoms with Crippen molar-refractivity contribution in [1.82, 2.24) is 9.97 Å². The molecule has 0 saturated heterocycles. The van der Waals surface area contributed by atoms with Gasteiger partial charge >= 0.3 is 6.18 Å². The average molecular weight is 283 g/mol. The van der Waals surface area contributed by atoms with E-state index in [9.17, 15) is 23.1 Å².